The normalized spacial score (nSPS) is 14.9. The van der Waals surface area contributed by atoms with E-state index in [0.717, 1.165) is 12.8 Å². The molecule has 1 aliphatic rings. The number of hydrogen-bond acceptors (Lipinski definition) is 2. The van der Waals surface area contributed by atoms with E-state index >= 15 is 0 Å². The van der Waals surface area contributed by atoms with Gasteiger partial charge in [-0.05, 0) is 18.9 Å². The molecule has 1 radical (unpaired) electrons. The molecule has 0 spiro atoms. The highest BCUT2D eigenvalue weighted by molar-refractivity contribution is 6.35. The molecular formula is C13H9ClNO3. The summed E-state index contributed by atoms with van der Waals surface area (Å²) in [7, 11) is 0. The van der Waals surface area contributed by atoms with E-state index in [-0.39, 0.29) is 11.6 Å². The van der Waals surface area contributed by atoms with Gasteiger partial charge in [-0.1, -0.05) is 17.7 Å². The minimum Gasteiger partial charge on any atom is -0.477 e. The van der Waals surface area contributed by atoms with Gasteiger partial charge >= 0.3 is 5.97 Å². The van der Waals surface area contributed by atoms with Crippen molar-refractivity contribution in [2.75, 3.05) is 0 Å². The van der Waals surface area contributed by atoms with Crippen LogP contribution in [0.1, 0.15) is 29.2 Å². The van der Waals surface area contributed by atoms with Crippen LogP contribution in [0.4, 0.5) is 0 Å². The molecule has 0 atom stereocenters. The van der Waals surface area contributed by atoms with E-state index in [1.54, 1.807) is 10.6 Å². The van der Waals surface area contributed by atoms with Gasteiger partial charge in [0.2, 0.25) is 5.43 Å². The standard InChI is InChI=1S/C13H9ClNO3/c14-10-3-1-2-8-11(10)15(7-4-5-7)6-9(12(8)16)13(17)18/h1-2,6-7H,4-5H2,(H,17,18). The van der Waals surface area contributed by atoms with Crippen LogP contribution in [0.3, 0.4) is 0 Å². The Morgan fingerprint density at radius 1 is 1.50 bits per heavy atom. The second-order valence-corrected chi connectivity index (χ2v) is 4.75. The predicted octanol–water partition coefficient (Wildman–Crippen LogP) is 2.49. The van der Waals surface area contributed by atoms with Crippen LogP contribution in [0.25, 0.3) is 10.9 Å². The Hall–Kier alpha value is -1.81. The topological polar surface area (TPSA) is 59.3 Å². The number of rotatable bonds is 2. The van der Waals surface area contributed by atoms with E-state index in [0.29, 0.717) is 15.9 Å². The lowest BCUT2D eigenvalue weighted by Crippen LogP contribution is -2.18. The molecule has 1 saturated carbocycles. The highest BCUT2D eigenvalue weighted by Gasteiger charge is 2.27. The number of carboxylic acid groups (broad SMARTS) is 1. The van der Waals surface area contributed by atoms with Crippen molar-refractivity contribution in [1.29, 1.82) is 0 Å². The quantitative estimate of drug-likeness (QED) is 0.905. The minimum absolute atomic E-state index is 0.211. The number of carbonyl (C=O) groups is 1. The Morgan fingerprint density at radius 2 is 2.22 bits per heavy atom. The minimum atomic E-state index is -1.21. The van der Waals surface area contributed by atoms with Gasteiger partial charge in [-0.25, -0.2) is 4.79 Å². The average molecular weight is 263 g/mol. The molecule has 1 heterocycles. The van der Waals surface area contributed by atoms with Gasteiger partial charge in [0, 0.05) is 23.7 Å². The fourth-order valence-electron chi connectivity index (χ4n) is 2.10. The molecule has 0 saturated heterocycles. The van der Waals surface area contributed by atoms with E-state index in [1.807, 2.05) is 0 Å². The molecule has 0 bridgehead atoms. The molecule has 1 fully saturated rings. The Morgan fingerprint density at radius 3 is 2.83 bits per heavy atom. The summed E-state index contributed by atoms with van der Waals surface area (Å²) >= 11 is 6.08. The maximum atomic E-state index is 12.1. The van der Waals surface area contributed by atoms with Gasteiger partial charge in [-0.3, -0.25) is 4.79 Å². The van der Waals surface area contributed by atoms with Crippen molar-refractivity contribution < 1.29 is 9.90 Å². The maximum absolute atomic E-state index is 12.1. The number of aromatic carboxylic acids is 1. The Kier molecular flexibility index (Phi) is 2.41. The van der Waals surface area contributed by atoms with Crippen LogP contribution in [0.15, 0.2) is 23.1 Å². The molecule has 0 amide bonds. The van der Waals surface area contributed by atoms with Crippen LogP contribution in [0.2, 0.25) is 5.02 Å². The molecule has 1 aromatic carbocycles. The monoisotopic (exact) mass is 262 g/mol. The summed E-state index contributed by atoms with van der Waals surface area (Å²) in [5.41, 5.74) is -0.126. The Bertz CT molecular complexity index is 716. The zero-order valence-electron chi connectivity index (χ0n) is 9.31. The van der Waals surface area contributed by atoms with Gasteiger partial charge in [0.05, 0.1) is 10.5 Å². The maximum Gasteiger partial charge on any atom is 0.341 e. The van der Waals surface area contributed by atoms with E-state index in [4.69, 9.17) is 16.7 Å². The lowest BCUT2D eigenvalue weighted by Gasteiger charge is -2.12. The molecular weight excluding hydrogens is 254 g/mol. The first kappa shape index (κ1) is 11.3. The largest absolute Gasteiger partial charge is 0.477 e. The zero-order chi connectivity index (χ0) is 12.9. The second kappa shape index (κ2) is 3.85. The van der Waals surface area contributed by atoms with Gasteiger partial charge < -0.3 is 9.67 Å². The van der Waals surface area contributed by atoms with Crippen LogP contribution >= 0.6 is 11.6 Å². The van der Waals surface area contributed by atoms with E-state index in [2.05, 4.69) is 6.07 Å². The number of fused-ring (bicyclic) bond motifs is 1. The first-order valence-corrected chi connectivity index (χ1v) is 5.95. The fraction of sp³-hybridized carbons (Fsp3) is 0.231. The van der Waals surface area contributed by atoms with Crippen molar-refractivity contribution in [2.45, 2.75) is 18.9 Å². The van der Waals surface area contributed by atoms with Gasteiger partial charge in [0.1, 0.15) is 5.56 Å². The average Bonchev–Trinajstić information content (AvgIpc) is 3.14. The van der Waals surface area contributed by atoms with Gasteiger partial charge in [0.25, 0.3) is 0 Å². The molecule has 18 heavy (non-hydrogen) atoms. The molecule has 0 aliphatic heterocycles. The lowest BCUT2D eigenvalue weighted by molar-refractivity contribution is 0.0695. The van der Waals surface area contributed by atoms with Gasteiger partial charge in [-0.2, -0.15) is 0 Å². The first-order chi connectivity index (χ1) is 8.59. The summed E-state index contributed by atoms with van der Waals surface area (Å²) in [5.74, 6) is -1.21. The zero-order valence-corrected chi connectivity index (χ0v) is 10.1. The predicted molar refractivity (Wildman–Crippen MR) is 67.3 cm³/mol. The van der Waals surface area contributed by atoms with E-state index in [9.17, 15) is 9.59 Å². The Balaban J connectivity index is 2.47. The lowest BCUT2D eigenvalue weighted by atomic mass is 10.1. The van der Waals surface area contributed by atoms with Crippen molar-refractivity contribution in [1.82, 2.24) is 4.57 Å². The number of benzene rings is 1. The third-order valence-electron chi connectivity index (χ3n) is 3.11. The summed E-state index contributed by atoms with van der Waals surface area (Å²) in [5, 5.41) is 9.76. The SMILES string of the molecule is O=C(O)c1cn(C2CC2)c2c(Cl)[c]ccc2c1=O. The van der Waals surface area contributed by atoms with Crippen molar-refractivity contribution >= 4 is 28.5 Å². The highest BCUT2D eigenvalue weighted by Crippen LogP contribution is 2.38. The fourth-order valence-corrected chi connectivity index (χ4v) is 2.36. The van der Waals surface area contributed by atoms with Crippen LogP contribution in [-0.4, -0.2) is 15.6 Å². The smallest absolute Gasteiger partial charge is 0.341 e. The molecule has 4 nitrogen and oxygen atoms in total. The first-order valence-electron chi connectivity index (χ1n) is 5.58. The molecule has 3 rings (SSSR count). The van der Waals surface area contributed by atoms with Crippen LogP contribution in [0, 0.1) is 6.07 Å². The van der Waals surface area contributed by atoms with Crippen molar-refractivity contribution in [3.05, 3.63) is 45.2 Å². The summed E-state index contributed by atoms with van der Waals surface area (Å²) in [6.45, 7) is 0. The summed E-state index contributed by atoms with van der Waals surface area (Å²) in [6, 6.07) is 6.17. The molecule has 0 unspecified atom stereocenters. The second-order valence-electron chi connectivity index (χ2n) is 4.37. The number of carboxylic acids is 1. The number of aromatic nitrogens is 1. The van der Waals surface area contributed by atoms with Crippen LogP contribution < -0.4 is 5.43 Å². The number of nitrogens with zero attached hydrogens (tertiary/aromatic N) is 1. The van der Waals surface area contributed by atoms with Crippen LogP contribution in [-0.2, 0) is 0 Å². The van der Waals surface area contributed by atoms with Crippen LogP contribution in [0.5, 0.6) is 0 Å². The number of pyridine rings is 1. The molecule has 1 aromatic heterocycles. The number of halogens is 1. The number of hydrogen-bond donors (Lipinski definition) is 1. The molecule has 1 N–H and O–H groups in total. The van der Waals surface area contributed by atoms with Gasteiger partial charge in [0.15, 0.2) is 0 Å². The summed E-state index contributed by atoms with van der Waals surface area (Å²) in [6.07, 6.45) is 3.34. The molecule has 5 heteroatoms. The Labute approximate surface area is 107 Å². The van der Waals surface area contributed by atoms with Crippen molar-refractivity contribution in [3.8, 4) is 0 Å². The molecule has 91 valence electrons. The van der Waals surface area contributed by atoms with Crippen molar-refractivity contribution in [3.63, 3.8) is 0 Å². The van der Waals surface area contributed by atoms with Crippen molar-refractivity contribution in [2.24, 2.45) is 0 Å². The van der Waals surface area contributed by atoms with Gasteiger partial charge in [-0.15, -0.1) is 0 Å². The van der Waals surface area contributed by atoms with E-state index in [1.165, 1.54) is 12.3 Å². The third-order valence-corrected chi connectivity index (χ3v) is 3.40. The third kappa shape index (κ3) is 1.61. The molecule has 1 aliphatic carbocycles. The molecule has 2 aromatic rings. The summed E-state index contributed by atoms with van der Waals surface area (Å²) < 4.78 is 1.79. The highest BCUT2D eigenvalue weighted by atomic mass is 35.5. The van der Waals surface area contributed by atoms with E-state index < -0.39 is 11.4 Å². The summed E-state index contributed by atoms with van der Waals surface area (Å²) in [4.78, 5) is 23.1.